The third kappa shape index (κ3) is 2.52. The molecule has 0 bridgehead atoms. The molecule has 0 amide bonds. The fraction of sp³-hybridized carbons (Fsp3) is 0.333. The zero-order chi connectivity index (χ0) is 14.7. The number of nitrogens with zero attached hydrogens (tertiary/aromatic N) is 2. The van der Waals surface area contributed by atoms with Crippen molar-refractivity contribution in [2.45, 2.75) is 20.3 Å². The molecule has 1 heterocycles. The predicted octanol–water partition coefficient (Wildman–Crippen LogP) is 2.77. The van der Waals surface area contributed by atoms with E-state index in [1.807, 2.05) is 14.0 Å². The van der Waals surface area contributed by atoms with Crippen molar-refractivity contribution in [1.29, 1.82) is 0 Å². The van der Waals surface area contributed by atoms with Gasteiger partial charge in [-0.15, -0.1) is 0 Å². The minimum atomic E-state index is 0.104. The summed E-state index contributed by atoms with van der Waals surface area (Å²) in [6.07, 6.45) is 0.876. The van der Waals surface area contributed by atoms with Crippen molar-refractivity contribution in [3.8, 4) is 22.9 Å². The number of rotatable bonds is 4. The summed E-state index contributed by atoms with van der Waals surface area (Å²) in [5.74, 6) is 1.96. The summed E-state index contributed by atoms with van der Waals surface area (Å²) < 4.78 is 5.12. The first kappa shape index (κ1) is 14.1. The molecule has 0 unspecified atom stereocenters. The molecule has 0 atom stereocenters. The van der Waals surface area contributed by atoms with Crippen molar-refractivity contribution in [3.05, 3.63) is 29.5 Å². The van der Waals surface area contributed by atoms with Crippen molar-refractivity contribution in [2.24, 2.45) is 0 Å². The molecule has 0 aliphatic heterocycles. The Morgan fingerprint density at radius 3 is 2.65 bits per heavy atom. The van der Waals surface area contributed by atoms with E-state index in [0.29, 0.717) is 11.6 Å². The Labute approximate surface area is 118 Å². The van der Waals surface area contributed by atoms with Crippen LogP contribution < -0.4 is 10.1 Å². The third-order valence-corrected chi connectivity index (χ3v) is 3.24. The van der Waals surface area contributed by atoms with Crippen LogP contribution in [0, 0.1) is 6.92 Å². The van der Waals surface area contributed by atoms with E-state index in [4.69, 9.17) is 4.74 Å². The summed E-state index contributed by atoms with van der Waals surface area (Å²) in [5.41, 5.74) is 2.87. The number of hydrogen-bond acceptors (Lipinski definition) is 5. The molecule has 1 aromatic carbocycles. The number of nitrogens with one attached hydrogen (secondary N) is 1. The van der Waals surface area contributed by atoms with Gasteiger partial charge in [0.25, 0.3) is 0 Å². The zero-order valence-corrected chi connectivity index (χ0v) is 12.2. The first-order valence-electron chi connectivity index (χ1n) is 6.53. The summed E-state index contributed by atoms with van der Waals surface area (Å²) in [5, 5.41) is 12.7. The second-order valence-corrected chi connectivity index (χ2v) is 4.45. The van der Waals surface area contributed by atoms with E-state index in [2.05, 4.69) is 22.2 Å². The third-order valence-electron chi connectivity index (χ3n) is 3.24. The number of anilines is 1. The standard InChI is InChI=1S/C15H19N3O2/c1-5-11-9(2)17-14(18-15(11)16-3)10-6-7-12(19)13(8-10)20-4/h6-8,19H,5H2,1-4H3,(H,16,17,18). The van der Waals surface area contributed by atoms with Gasteiger partial charge in [-0.05, 0) is 31.5 Å². The van der Waals surface area contributed by atoms with Gasteiger partial charge in [0.15, 0.2) is 17.3 Å². The smallest absolute Gasteiger partial charge is 0.161 e. The average Bonchev–Trinajstić information content (AvgIpc) is 2.46. The average molecular weight is 273 g/mol. The van der Waals surface area contributed by atoms with Gasteiger partial charge < -0.3 is 15.2 Å². The molecule has 5 heteroatoms. The lowest BCUT2D eigenvalue weighted by molar-refractivity contribution is 0.373. The van der Waals surface area contributed by atoms with Crippen molar-refractivity contribution >= 4 is 5.82 Å². The molecule has 106 valence electrons. The van der Waals surface area contributed by atoms with Gasteiger partial charge in [0.1, 0.15) is 5.82 Å². The van der Waals surface area contributed by atoms with Crippen LogP contribution in [0.4, 0.5) is 5.82 Å². The first-order chi connectivity index (χ1) is 9.60. The van der Waals surface area contributed by atoms with Crippen LogP contribution in [0.2, 0.25) is 0 Å². The van der Waals surface area contributed by atoms with Gasteiger partial charge in [0, 0.05) is 23.9 Å². The summed E-state index contributed by atoms with van der Waals surface area (Å²) in [6.45, 7) is 4.05. The monoisotopic (exact) mass is 273 g/mol. The van der Waals surface area contributed by atoms with E-state index >= 15 is 0 Å². The quantitative estimate of drug-likeness (QED) is 0.896. The molecule has 0 spiro atoms. The van der Waals surface area contributed by atoms with E-state index in [1.165, 1.54) is 7.11 Å². The lowest BCUT2D eigenvalue weighted by atomic mass is 10.1. The van der Waals surface area contributed by atoms with Gasteiger partial charge in [0.05, 0.1) is 7.11 Å². The van der Waals surface area contributed by atoms with Crippen molar-refractivity contribution < 1.29 is 9.84 Å². The van der Waals surface area contributed by atoms with Crippen LogP contribution >= 0.6 is 0 Å². The van der Waals surface area contributed by atoms with Gasteiger partial charge in [-0.2, -0.15) is 0 Å². The molecule has 0 saturated carbocycles. The van der Waals surface area contributed by atoms with Gasteiger partial charge in [-0.3, -0.25) is 0 Å². The van der Waals surface area contributed by atoms with E-state index < -0.39 is 0 Å². The minimum Gasteiger partial charge on any atom is -0.504 e. The number of benzene rings is 1. The molecule has 1 aromatic heterocycles. The molecular formula is C15H19N3O2. The molecule has 0 aliphatic carbocycles. The number of methoxy groups -OCH3 is 1. The Morgan fingerprint density at radius 1 is 1.30 bits per heavy atom. The van der Waals surface area contributed by atoms with E-state index in [0.717, 1.165) is 29.1 Å². The highest BCUT2D eigenvalue weighted by molar-refractivity contribution is 5.63. The summed E-state index contributed by atoms with van der Waals surface area (Å²) in [4.78, 5) is 9.08. The van der Waals surface area contributed by atoms with Crippen molar-refractivity contribution in [1.82, 2.24) is 9.97 Å². The lowest BCUT2D eigenvalue weighted by Gasteiger charge is -2.12. The number of ether oxygens (including phenoxy) is 1. The van der Waals surface area contributed by atoms with Gasteiger partial charge in [-0.25, -0.2) is 9.97 Å². The van der Waals surface area contributed by atoms with Crippen LogP contribution in [0.25, 0.3) is 11.4 Å². The maximum absolute atomic E-state index is 9.64. The Hall–Kier alpha value is -2.30. The van der Waals surface area contributed by atoms with E-state index in [-0.39, 0.29) is 5.75 Å². The Kier molecular flexibility index (Phi) is 4.08. The zero-order valence-electron chi connectivity index (χ0n) is 12.2. The molecule has 0 radical (unpaired) electrons. The highest BCUT2D eigenvalue weighted by Gasteiger charge is 2.12. The van der Waals surface area contributed by atoms with Crippen LogP contribution in [0.5, 0.6) is 11.5 Å². The van der Waals surface area contributed by atoms with Crippen LogP contribution in [0.3, 0.4) is 0 Å². The molecule has 0 fully saturated rings. The number of aryl methyl sites for hydroxylation is 1. The number of phenols is 1. The molecule has 5 nitrogen and oxygen atoms in total. The Bertz CT molecular complexity index is 627. The second-order valence-electron chi connectivity index (χ2n) is 4.45. The lowest BCUT2D eigenvalue weighted by Crippen LogP contribution is -2.05. The fourth-order valence-corrected chi connectivity index (χ4v) is 2.17. The first-order valence-corrected chi connectivity index (χ1v) is 6.53. The summed E-state index contributed by atoms with van der Waals surface area (Å²) in [7, 11) is 3.37. The number of phenolic OH excluding ortho intramolecular Hbond substituents is 1. The summed E-state index contributed by atoms with van der Waals surface area (Å²) >= 11 is 0. The highest BCUT2D eigenvalue weighted by atomic mass is 16.5. The number of aromatic nitrogens is 2. The molecule has 0 aliphatic rings. The maximum atomic E-state index is 9.64. The van der Waals surface area contributed by atoms with E-state index in [1.54, 1.807) is 18.2 Å². The Morgan fingerprint density at radius 2 is 2.05 bits per heavy atom. The number of aromatic hydroxyl groups is 1. The molecule has 2 N–H and O–H groups in total. The number of hydrogen-bond donors (Lipinski definition) is 2. The van der Waals surface area contributed by atoms with Crippen LogP contribution in [0.1, 0.15) is 18.2 Å². The largest absolute Gasteiger partial charge is 0.504 e. The van der Waals surface area contributed by atoms with Gasteiger partial charge in [-0.1, -0.05) is 6.92 Å². The second kappa shape index (κ2) is 5.77. The molecular weight excluding hydrogens is 254 g/mol. The van der Waals surface area contributed by atoms with Crippen LogP contribution in [0.15, 0.2) is 18.2 Å². The van der Waals surface area contributed by atoms with Gasteiger partial charge >= 0.3 is 0 Å². The van der Waals surface area contributed by atoms with Crippen LogP contribution in [-0.4, -0.2) is 29.2 Å². The highest BCUT2D eigenvalue weighted by Crippen LogP contribution is 2.31. The summed E-state index contributed by atoms with van der Waals surface area (Å²) in [6, 6.07) is 5.09. The van der Waals surface area contributed by atoms with Crippen molar-refractivity contribution in [3.63, 3.8) is 0 Å². The van der Waals surface area contributed by atoms with Crippen molar-refractivity contribution in [2.75, 3.05) is 19.5 Å². The molecule has 2 aromatic rings. The van der Waals surface area contributed by atoms with E-state index in [9.17, 15) is 5.11 Å². The molecule has 0 saturated heterocycles. The van der Waals surface area contributed by atoms with Crippen LogP contribution in [-0.2, 0) is 6.42 Å². The molecule has 20 heavy (non-hydrogen) atoms. The fourth-order valence-electron chi connectivity index (χ4n) is 2.17. The Balaban J connectivity index is 2.55. The predicted molar refractivity (Wildman–Crippen MR) is 79.3 cm³/mol. The SMILES string of the molecule is CCc1c(C)nc(-c2ccc(O)c(OC)c2)nc1NC. The topological polar surface area (TPSA) is 67.3 Å². The molecule has 2 rings (SSSR count). The minimum absolute atomic E-state index is 0.104. The van der Waals surface area contributed by atoms with Gasteiger partial charge in [0.2, 0.25) is 0 Å². The normalized spacial score (nSPS) is 10.4. The maximum Gasteiger partial charge on any atom is 0.161 e.